The lowest BCUT2D eigenvalue weighted by atomic mass is 9.52. The first-order chi connectivity index (χ1) is 13.7. The highest BCUT2D eigenvalue weighted by molar-refractivity contribution is 5.85. The van der Waals surface area contributed by atoms with E-state index in [0.29, 0.717) is 5.75 Å². The van der Waals surface area contributed by atoms with Crippen LogP contribution in [0.3, 0.4) is 0 Å². The number of hydrogen-bond donors (Lipinski definition) is 1. The normalized spacial score (nSPS) is 23.4. The van der Waals surface area contributed by atoms with Gasteiger partial charge in [0, 0.05) is 11.8 Å². The number of rotatable bonds is 5. The molecule has 3 aromatic rings. The van der Waals surface area contributed by atoms with Gasteiger partial charge in [-0.2, -0.15) is 0 Å². The van der Waals surface area contributed by atoms with Crippen LogP contribution in [0.5, 0.6) is 5.75 Å². The molecule has 0 spiro atoms. The zero-order valence-electron chi connectivity index (χ0n) is 15.1. The van der Waals surface area contributed by atoms with Gasteiger partial charge in [0.05, 0.1) is 11.8 Å². The summed E-state index contributed by atoms with van der Waals surface area (Å²) in [6, 6.07) is 27.6. The highest BCUT2D eigenvalue weighted by atomic mass is 16.5. The Bertz CT molecular complexity index is 906. The molecule has 0 unspecified atom stereocenters. The van der Waals surface area contributed by atoms with Crippen LogP contribution in [0.25, 0.3) is 0 Å². The SMILES string of the molecule is O=C(O)C1[C@H](c2ccccc2)C(C(=O)Oc2ccccc2)[C@H]1c1ccccc1. The molecule has 0 amide bonds. The second-order valence-electron chi connectivity index (χ2n) is 7.00. The van der Waals surface area contributed by atoms with E-state index in [1.165, 1.54) is 0 Å². The van der Waals surface area contributed by atoms with E-state index in [2.05, 4.69) is 0 Å². The predicted octanol–water partition coefficient (Wildman–Crippen LogP) is 4.49. The van der Waals surface area contributed by atoms with Crippen molar-refractivity contribution >= 4 is 11.9 Å². The van der Waals surface area contributed by atoms with Crippen molar-refractivity contribution in [3.8, 4) is 5.75 Å². The number of aliphatic carboxylic acids is 1. The molecule has 140 valence electrons. The number of esters is 1. The minimum absolute atomic E-state index is 0.397. The molecule has 0 bridgehead atoms. The van der Waals surface area contributed by atoms with Gasteiger partial charge >= 0.3 is 11.9 Å². The first-order valence-electron chi connectivity index (χ1n) is 9.26. The van der Waals surface area contributed by atoms with Gasteiger partial charge < -0.3 is 9.84 Å². The van der Waals surface area contributed by atoms with Crippen LogP contribution in [0.1, 0.15) is 23.0 Å². The Balaban J connectivity index is 1.73. The standard InChI is InChI=1S/C24H20O4/c25-23(26)21-19(16-10-4-1-5-11-16)22(20(21)17-12-6-2-7-13-17)24(27)28-18-14-8-3-9-15-18/h1-15,19-22H,(H,25,26)/t19-,20-,21?,22?/m0/s1. The van der Waals surface area contributed by atoms with Crippen LogP contribution in [0.4, 0.5) is 0 Å². The Morgan fingerprint density at radius 3 is 1.50 bits per heavy atom. The summed E-state index contributed by atoms with van der Waals surface area (Å²) >= 11 is 0. The van der Waals surface area contributed by atoms with E-state index in [0.717, 1.165) is 11.1 Å². The van der Waals surface area contributed by atoms with Crippen molar-refractivity contribution in [2.75, 3.05) is 0 Å². The van der Waals surface area contributed by atoms with Gasteiger partial charge in [-0.15, -0.1) is 0 Å². The number of carboxylic acids is 1. The predicted molar refractivity (Wildman–Crippen MR) is 105 cm³/mol. The highest BCUT2D eigenvalue weighted by Crippen LogP contribution is 2.58. The fraction of sp³-hybridized carbons (Fsp3) is 0.167. The highest BCUT2D eigenvalue weighted by Gasteiger charge is 2.59. The number of ether oxygens (including phenoxy) is 1. The van der Waals surface area contributed by atoms with Gasteiger partial charge in [-0.1, -0.05) is 78.9 Å². The molecule has 28 heavy (non-hydrogen) atoms. The summed E-state index contributed by atoms with van der Waals surface area (Å²) in [4.78, 5) is 25.2. The maximum absolute atomic E-state index is 13.1. The van der Waals surface area contributed by atoms with Gasteiger partial charge in [0.1, 0.15) is 5.75 Å². The summed E-state index contributed by atoms with van der Waals surface area (Å²) in [6.45, 7) is 0. The second-order valence-corrected chi connectivity index (χ2v) is 7.00. The fourth-order valence-electron chi connectivity index (χ4n) is 4.20. The Hall–Kier alpha value is -3.40. The third kappa shape index (κ3) is 3.29. The topological polar surface area (TPSA) is 63.6 Å². The van der Waals surface area contributed by atoms with E-state index in [-0.39, 0.29) is 0 Å². The molecule has 2 atom stereocenters. The average Bonchev–Trinajstić information content (AvgIpc) is 2.69. The molecular weight excluding hydrogens is 352 g/mol. The number of carboxylic acid groups (broad SMARTS) is 1. The molecule has 3 aromatic carbocycles. The summed E-state index contributed by atoms with van der Waals surface area (Å²) in [7, 11) is 0. The minimum atomic E-state index is -0.897. The zero-order valence-corrected chi connectivity index (χ0v) is 15.1. The minimum Gasteiger partial charge on any atom is -0.481 e. The maximum atomic E-state index is 13.1. The molecule has 4 rings (SSSR count). The van der Waals surface area contributed by atoms with E-state index in [1.54, 1.807) is 24.3 Å². The Kier molecular flexibility index (Phi) is 4.94. The third-order valence-electron chi connectivity index (χ3n) is 5.44. The lowest BCUT2D eigenvalue weighted by Gasteiger charge is -2.48. The summed E-state index contributed by atoms with van der Waals surface area (Å²) < 4.78 is 5.62. The van der Waals surface area contributed by atoms with Crippen LogP contribution in [0.15, 0.2) is 91.0 Å². The van der Waals surface area contributed by atoms with Crippen molar-refractivity contribution in [3.05, 3.63) is 102 Å². The molecule has 1 saturated carbocycles. The Morgan fingerprint density at radius 1 is 0.643 bits per heavy atom. The third-order valence-corrected chi connectivity index (χ3v) is 5.44. The van der Waals surface area contributed by atoms with Crippen molar-refractivity contribution in [3.63, 3.8) is 0 Å². The first kappa shape index (κ1) is 18.0. The van der Waals surface area contributed by atoms with Gasteiger partial charge in [0.25, 0.3) is 0 Å². The van der Waals surface area contributed by atoms with Crippen molar-refractivity contribution in [2.24, 2.45) is 11.8 Å². The smallest absolute Gasteiger partial charge is 0.315 e. The molecule has 4 nitrogen and oxygen atoms in total. The van der Waals surface area contributed by atoms with Crippen LogP contribution in [-0.2, 0) is 9.59 Å². The van der Waals surface area contributed by atoms with E-state index >= 15 is 0 Å². The maximum Gasteiger partial charge on any atom is 0.315 e. The van der Waals surface area contributed by atoms with E-state index < -0.39 is 35.6 Å². The molecule has 1 aliphatic carbocycles. The Labute approximate surface area is 163 Å². The zero-order chi connectivity index (χ0) is 19.5. The molecule has 4 heteroatoms. The number of benzene rings is 3. The molecule has 0 aromatic heterocycles. The molecule has 1 fully saturated rings. The van der Waals surface area contributed by atoms with E-state index in [9.17, 15) is 14.7 Å². The monoisotopic (exact) mass is 372 g/mol. The van der Waals surface area contributed by atoms with Crippen LogP contribution in [-0.4, -0.2) is 17.0 Å². The molecule has 1 N–H and O–H groups in total. The summed E-state index contributed by atoms with van der Waals surface area (Å²) in [5.41, 5.74) is 1.69. The van der Waals surface area contributed by atoms with Gasteiger partial charge in [-0.25, -0.2) is 0 Å². The molecule has 0 aliphatic heterocycles. The van der Waals surface area contributed by atoms with Gasteiger partial charge in [-0.05, 0) is 23.3 Å². The summed E-state index contributed by atoms with van der Waals surface area (Å²) in [5, 5.41) is 9.93. The second kappa shape index (κ2) is 7.69. The summed E-state index contributed by atoms with van der Waals surface area (Å²) in [5.74, 6) is -2.94. The number of hydrogen-bond acceptors (Lipinski definition) is 3. The van der Waals surface area contributed by atoms with Crippen LogP contribution >= 0.6 is 0 Å². The number of para-hydroxylation sites is 1. The first-order valence-corrected chi connectivity index (χ1v) is 9.26. The van der Waals surface area contributed by atoms with Gasteiger partial charge in [0.15, 0.2) is 0 Å². The largest absolute Gasteiger partial charge is 0.481 e. The summed E-state index contributed by atoms with van der Waals surface area (Å²) in [6.07, 6.45) is 0. The van der Waals surface area contributed by atoms with Gasteiger partial charge in [-0.3, -0.25) is 9.59 Å². The lowest BCUT2D eigenvalue weighted by Crippen LogP contribution is -2.52. The molecular formula is C24H20O4. The Morgan fingerprint density at radius 2 is 1.07 bits per heavy atom. The molecule has 0 heterocycles. The average molecular weight is 372 g/mol. The van der Waals surface area contributed by atoms with E-state index in [4.69, 9.17) is 4.74 Å². The van der Waals surface area contributed by atoms with Crippen molar-refractivity contribution in [2.45, 2.75) is 11.8 Å². The molecule has 1 aliphatic rings. The van der Waals surface area contributed by atoms with Crippen molar-refractivity contribution in [1.29, 1.82) is 0 Å². The lowest BCUT2D eigenvalue weighted by molar-refractivity contribution is -0.158. The number of carbonyl (C=O) groups is 2. The van der Waals surface area contributed by atoms with E-state index in [1.807, 2.05) is 66.7 Å². The molecule has 0 saturated heterocycles. The van der Waals surface area contributed by atoms with Crippen molar-refractivity contribution in [1.82, 2.24) is 0 Å². The fourth-order valence-corrected chi connectivity index (χ4v) is 4.20. The van der Waals surface area contributed by atoms with Crippen molar-refractivity contribution < 1.29 is 19.4 Å². The van der Waals surface area contributed by atoms with Gasteiger partial charge in [0.2, 0.25) is 0 Å². The number of carbonyl (C=O) groups excluding carboxylic acids is 1. The quantitative estimate of drug-likeness (QED) is 0.529. The van der Waals surface area contributed by atoms with Crippen LogP contribution in [0, 0.1) is 11.8 Å². The molecule has 0 radical (unpaired) electrons. The van der Waals surface area contributed by atoms with Crippen LogP contribution < -0.4 is 4.74 Å². The van der Waals surface area contributed by atoms with Crippen LogP contribution in [0.2, 0.25) is 0 Å².